The molecular weight excluding hydrogens is 529 g/mol. The third kappa shape index (κ3) is 5.69. The Bertz CT molecular complexity index is 1490. The molecule has 0 amide bonds. The highest BCUT2D eigenvalue weighted by atomic mass is 35.5. The third-order valence-corrected chi connectivity index (χ3v) is 8.43. The van der Waals surface area contributed by atoms with Gasteiger partial charge in [-0.05, 0) is 49.6 Å². The lowest BCUT2D eigenvalue weighted by atomic mass is 10.0. The minimum Gasteiger partial charge on any atom is -0.327 e. The number of rotatable bonds is 6. The molecule has 1 fully saturated rings. The van der Waals surface area contributed by atoms with Gasteiger partial charge in [0.25, 0.3) is 5.56 Å². The number of H-pyrrole nitrogens is 1. The standard InChI is InChI=1S/C25H28ClF3N4O3S/c1-3-37(36)20-7-6-14(2)9-15(20)11-33-23(34)17-10-19(25(27,28)29)18(21(26)22(17)31-24(33)35)13-32-8-4-5-16(30)12-32/h6-7,9-10,16H,3-5,8,11-13,30H2,1-2H3,(H,31,35)/t16-,37?/m1/s1. The molecular formula is C25H28ClF3N4O3S. The van der Waals surface area contributed by atoms with Crippen molar-refractivity contribution in [1.82, 2.24) is 14.5 Å². The fourth-order valence-corrected chi connectivity index (χ4v) is 6.04. The number of aromatic nitrogens is 2. The SMILES string of the molecule is CCS(=O)c1ccc(C)cc1Cn1c(=O)[nH]c2c(Cl)c(CN3CCC[C@@H](N)C3)c(C(F)(F)F)cc2c1=O. The molecule has 2 aromatic carbocycles. The minimum atomic E-state index is -4.78. The maximum atomic E-state index is 14.2. The fourth-order valence-electron chi connectivity index (χ4n) is 4.78. The van der Waals surface area contributed by atoms with Crippen molar-refractivity contribution < 1.29 is 17.4 Å². The van der Waals surface area contributed by atoms with E-state index in [4.69, 9.17) is 17.3 Å². The molecule has 12 heteroatoms. The summed E-state index contributed by atoms with van der Waals surface area (Å²) < 4.78 is 55.8. The van der Waals surface area contributed by atoms with Gasteiger partial charge in [-0.15, -0.1) is 0 Å². The van der Waals surface area contributed by atoms with Gasteiger partial charge >= 0.3 is 11.9 Å². The average molecular weight is 557 g/mol. The topological polar surface area (TPSA) is 101 Å². The number of fused-ring (bicyclic) bond motifs is 1. The maximum Gasteiger partial charge on any atom is 0.416 e. The van der Waals surface area contributed by atoms with Gasteiger partial charge in [0.2, 0.25) is 0 Å². The number of nitrogens with one attached hydrogen (secondary N) is 1. The number of halogens is 4. The summed E-state index contributed by atoms with van der Waals surface area (Å²) in [6.07, 6.45) is -3.24. The van der Waals surface area contributed by atoms with Crippen LogP contribution in [0.15, 0.2) is 38.8 Å². The Labute approximate surface area is 218 Å². The molecule has 3 aromatic rings. The highest BCUT2D eigenvalue weighted by Crippen LogP contribution is 2.39. The molecule has 2 atom stereocenters. The zero-order valence-electron chi connectivity index (χ0n) is 20.5. The number of benzene rings is 2. The largest absolute Gasteiger partial charge is 0.416 e. The zero-order chi connectivity index (χ0) is 27.1. The molecule has 1 aliphatic rings. The second kappa shape index (κ2) is 10.7. The lowest BCUT2D eigenvalue weighted by molar-refractivity contribution is -0.138. The molecule has 0 radical (unpaired) electrons. The quantitative estimate of drug-likeness (QED) is 0.481. The number of nitrogens with two attached hydrogens (primary N) is 1. The molecule has 37 heavy (non-hydrogen) atoms. The first kappa shape index (κ1) is 27.6. The predicted octanol–water partition coefficient (Wildman–Crippen LogP) is 3.77. The van der Waals surface area contributed by atoms with Crippen LogP contribution < -0.4 is 17.0 Å². The number of hydrogen-bond donors (Lipinski definition) is 2. The second-order valence-electron chi connectivity index (χ2n) is 9.34. The molecule has 1 saturated heterocycles. The average Bonchev–Trinajstić information content (AvgIpc) is 2.82. The molecule has 3 N–H and O–H groups in total. The van der Waals surface area contributed by atoms with Crippen molar-refractivity contribution in [2.45, 2.75) is 56.9 Å². The Hall–Kier alpha value is -2.47. The fraction of sp³-hybridized carbons (Fsp3) is 0.440. The van der Waals surface area contributed by atoms with Crippen LogP contribution in [0.1, 0.15) is 42.0 Å². The second-order valence-corrected chi connectivity index (χ2v) is 11.4. The summed E-state index contributed by atoms with van der Waals surface area (Å²) in [4.78, 5) is 31.2. The van der Waals surface area contributed by atoms with Gasteiger partial charge in [0.15, 0.2) is 0 Å². The first-order valence-corrected chi connectivity index (χ1v) is 13.6. The van der Waals surface area contributed by atoms with Gasteiger partial charge < -0.3 is 10.7 Å². The molecule has 2 heterocycles. The molecule has 1 unspecified atom stereocenters. The van der Waals surface area contributed by atoms with Crippen molar-refractivity contribution in [3.05, 3.63) is 72.4 Å². The van der Waals surface area contributed by atoms with E-state index in [-0.39, 0.29) is 40.6 Å². The van der Waals surface area contributed by atoms with E-state index in [1.165, 1.54) is 0 Å². The van der Waals surface area contributed by atoms with Crippen LogP contribution >= 0.6 is 11.6 Å². The van der Waals surface area contributed by atoms with Crippen LogP contribution in [-0.4, -0.2) is 43.5 Å². The summed E-state index contributed by atoms with van der Waals surface area (Å²) in [7, 11) is -1.36. The van der Waals surface area contributed by atoms with Crippen molar-refractivity contribution in [2.75, 3.05) is 18.8 Å². The number of alkyl halides is 3. The molecule has 0 aliphatic carbocycles. The Kier molecular flexibility index (Phi) is 7.99. The Morgan fingerprint density at radius 3 is 2.59 bits per heavy atom. The number of nitrogens with zero attached hydrogens (tertiary/aromatic N) is 2. The van der Waals surface area contributed by atoms with Crippen molar-refractivity contribution in [3.8, 4) is 0 Å². The molecule has 0 spiro atoms. The minimum absolute atomic E-state index is 0.113. The van der Waals surface area contributed by atoms with E-state index in [9.17, 15) is 27.0 Å². The van der Waals surface area contributed by atoms with E-state index in [1.807, 2.05) is 6.92 Å². The predicted molar refractivity (Wildman–Crippen MR) is 139 cm³/mol. The van der Waals surface area contributed by atoms with Crippen molar-refractivity contribution in [3.63, 3.8) is 0 Å². The van der Waals surface area contributed by atoms with E-state index in [0.717, 1.165) is 29.0 Å². The molecule has 7 nitrogen and oxygen atoms in total. The molecule has 200 valence electrons. The van der Waals surface area contributed by atoms with Crippen LogP contribution in [0.2, 0.25) is 5.02 Å². The van der Waals surface area contributed by atoms with E-state index in [1.54, 1.807) is 30.0 Å². The van der Waals surface area contributed by atoms with E-state index in [2.05, 4.69) is 4.98 Å². The van der Waals surface area contributed by atoms with Gasteiger partial charge in [0.05, 0.1) is 38.8 Å². The Balaban J connectivity index is 1.87. The third-order valence-electron chi connectivity index (χ3n) is 6.60. The van der Waals surface area contributed by atoms with Gasteiger partial charge in [0.1, 0.15) is 0 Å². The Morgan fingerprint density at radius 1 is 1.22 bits per heavy atom. The van der Waals surface area contributed by atoms with Crippen LogP contribution in [0, 0.1) is 6.92 Å². The smallest absolute Gasteiger partial charge is 0.327 e. The van der Waals surface area contributed by atoms with Crippen LogP contribution in [0.5, 0.6) is 0 Å². The number of piperidine rings is 1. The molecule has 0 bridgehead atoms. The summed E-state index contributed by atoms with van der Waals surface area (Å²) in [6.45, 7) is 4.17. The normalized spacial score (nSPS) is 17.9. The Morgan fingerprint density at radius 2 is 1.95 bits per heavy atom. The van der Waals surface area contributed by atoms with Crippen molar-refractivity contribution in [2.24, 2.45) is 5.73 Å². The summed E-state index contributed by atoms with van der Waals surface area (Å²) in [5, 5.41) is -0.657. The van der Waals surface area contributed by atoms with Crippen LogP contribution in [0.25, 0.3) is 10.9 Å². The number of hydrogen-bond acceptors (Lipinski definition) is 5. The van der Waals surface area contributed by atoms with Crippen LogP contribution in [0.3, 0.4) is 0 Å². The first-order chi connectivity index (χ1) is 17.4. The summed E-state index contributed by atoms with van der Waals surface area (Å²) >= 11 is 6.45. The summed E-state index contributed by atoms with van der Waals surface area (Å²) in [6, 6.07) is 5.76. The van der Waals surface area contributed by atoms with E-state index < -0.39 is 33.8 Å². The van der Waals surface area contributed by atoms with Crippen LogP contribution in [0.4, 0.5) is 13.2 Å². The van der Waals surface area contributed by atoms with Crippen LogP contribution in [-0.2, 0) is 30.1 Å². The number of likely N-dealkylation sites (tertiary alicyclic amines) is 1. The summed E-state index contributed by atoms with van der Waals surface area (Å²) in [5.74, 6) is 0.328. The van der Waals surface area contributed by atoms with E-state index >= 15 is 0 Å². The molecule has 1 aliphatic heterocycles. The number of aromatic amines is 1. The van der Waals surface area contributed by atoms with Gasteiger partial charge in [0, 0.05) is 29.8 Å². The van der Waals surface area contributed by atoms with Crippen molar-refractivity contribution in [1.29, 1.82) is 0 Å². The van der Waals surface area contributed by atoms with Gasteiger partial charge in [-0.3, -0.25) is 18.5 Å². The highest BCUT2D eigenvalue weighted by molar-refractivity contribution is 7.85. The summed E-state index contributed by atoms with van der Waals surface area (Å²) in [5.41, 5.74) is 4.19. The van der Waals surface area contributed by atoms with E-state index in [0.29, 0.717) is 29.3 Å². The molecule has 0 saturated carbocycles. The monoisotopic (exact) mass is 556 g/mol. The van der Waals surface area contributed by atoms with Gasteiger partial charge in [-0.25, -0.2) is 4.79 Å². The maximum absolute atomic E-state index is 14.2. The molecule has 4 rings (SSSR count). The molecule has 1 aromatic heterocycles. The van der Waals surface area contributed by atoms with Crippen molar-refractivity contribution >= 4 is 33.3 Å². The first-order valence-electron chi connectivity index (χ1n) is 11.9. The lowest BCUT2D eigenvalue weighted by Crippen LogP contribution is -2.42. The zero-order valence-corrected chi connectivity index (χ0v) is 22.0. The highest BCUT2D eigenvalue weighted by Gasteiger charge is 2.36. The lowest BCUT2D eigenvalue weighted by Gasteiger charge is -2.31. The van der Waals surface area contributed by atoms with Gasteiger partial charge in [-0.1, -0.05) is 36.2 Å². The number of aryl methyl sites for hydroxylation is 1. The van der Waals surface area contributed by atoms with Gasteiger partial charge in [-0.2, -0.15) is 13.2 Å².